The molecular formula is C20H35NO2. The van der Waals surface area contributed by atoms with Crippen LogP contribution in [0.2, 0.25) is 0 Å². The quantitative estimate of drug-likeness (QED) is 0.341. The molecule has 0 saturated carbocycles. The Kier molecular flexibility index (Phi) is 11.6. The second-order valence-corrected chi connectivity index (χ2v) is 6.76. The molecular weight excluding hydrogens is 286 g/mol. The van der Waals surface area contributed by atoms with E-state index < -0.39 is 5.97 Å². The average molecular weight is 322 g/mol. The molecule has 0 aromatic heterocycles. The molecule has 0 radical (unpaired) electrons. The van der Waals surface area contributed by atoms with Gasteiger partial charge in [-0.05, 0) is 57.4 Å². The minimum atomic E-state index is -0.710. The predicted molar refractivity (Wildman–Crippen MR) is 97.4 cm³/mol. The van der Waals surface area contributed by atoms with Gasteiger partial charge in [0.05, 0.1) is 0 Å². The first-order valence-electron chi connectivity index (χ1n) is 9.48. The Hall–Kier alpha value is -1.09. The standard InChI is InChI=1S/C20H35NO2/c21-16-15-19-14-13-18(17-19)11-9-7-5-3-1-2-4-6-8-10-12-20(22)23/h6,8,17-18H,1-5,7,9-16,21H2,(H,22,23). The molecule has 3 N–H and O–H groups in total. The Morgan fingerprint density at radius 1 is 1.13 bits per heavy atom. The molecule has 3 nitrogen and oxygen atoms in total. The summed E-state index contributed by atoms with van der Waals surface area (Å²) in [7, 11) is 0. The fraction of sp³-hybridized carbons (Fsp3) is 0.750. The summed E-state index contributed by atoms with van der Waals surface area (Å²) in [6, 6.07) is 0. The van der Waals surface area contributed by atoms with E-state index in [4.69, 9.17) is 10.8 Å². The summed E-state index contributed by atoms with van der Waals surface area (Å²) in [6.45, 7) is 0.799. The average Bonchev–Trinajstić information content (AvgIpc) is 2.96. The van der Waals surface area contributed by atoms with Crippen LogP contribution in [0.4, 0.5) is 0 Å². The zero-order valence-electron chi connectivity index (χ0n) is 14.6. The van der Waals surface area contributed by atoms with E-state index in [0.717, 1.165) is 25.3 Å². The normalized spacial score (nSPS) is 17.8. The van der Waals surface area contributed by atoms with Gasteiger partial charge in [0.1, 0.15) is 0 Å². The van der Waals surface area contributed by atoms with Crippen LogP contribution >= 0.6 is 0 Å². The molecule has 0 spiro atoms. The number of aliphatic carboxylic acids is 1. The Morgan fingerprint density at radius 3 is 2.57 bits per heavy atom. The van der Waals surface area contributed by atoms with Gasteiger partial charge in [-0.15, -0.1) is 0 Å². The second-order valence-electron chi connectivity index (χ2n) is 6.76. The van der Waals surface area contributed by atoms with E-state index >= 15 is 0 Å². The molecule has 0 amide bonds. The van der Waals surface area contributed by atoms with Crippen molar-refractivity contribution >= 4 is 5.97 Å². The lowest BCUT2D eigenvalue weighted by Gasteiger charge is -2.06. The molecule has 1 atom stereocenters. The SMILES string of the molecule is NCCC1=CC(CCCCCCCCC=CCCC(=O)O)CC1. The number of unbranched alkanes of at least 4 members (excludes halogenated alkanes) is 6. The largest absolute Gasteiger partial charge is 0.481 e. The van der Waals surface area contributed by atoms with E-state index in [1.807, 2.05) is 6.08 Å². The number of carboxylic acids is 1. The Labute approximate surface area is 142 Å². The zero-order chi connectivity index (χ0) is 16.8. The van der Waals surface area contributed by atoms with Gasteiger partial charge in [-0.3, -0.25) is 4.79 Å². The molecule has 132 valence electrons. The molecule has 0 heterocycles. The third-order valence-electron chi connectivity index (χ3n) is 4.66. The maximum Gasteiger partial charge on any atom is 0.303 e. The molecule has 1 aliphatic rings. The van der Waals surface area contributed by atoms with Gasteiger partial charge in [0.15, 0.2) is 0 Å². The molecule has 1 rings (SSSR count). The number of carboxylic acid groups (broad SMARTS) is 1. The van der Waals surface area contributed by atoms with Gasteiger partial charge in [0.2, 0.25) is 0 Å². The topological polar surface area (TPSA) is 63.3 Å². The van der Waals surface area contributed by atoms with Gasteiger partial charge >= 0.3 is 5.97 Å². The highest BCUT2D eigenvalue weighted by Gasteiger charge is 2.14. The lowest BCUT2D eigenvalue weighted by atomic mass is 10.00. The van der Waals surface area contributed by atoms with E-state index in [0.29, 0.717) is 6.42 Å². The van der Waals surface area contributed by atoms with Gasteiger partial charge in [-0.1, -0.05) is 55.9 Å². The van der Waals surface area contributed by atoms with Crippen LogP contribution in [0.5, 0.6) is 0 Å². The highest BCUT2D eigenvalue weighted by molar-refractivity contribution is 5.66. The fourth-order valence-corrected chi connectivity index (χ4v) is 3.31. The summed E-state index contributed by atoms with van der Waals surface area (Å²) in [6.07, 6.45) is 21.7. The minimum Gasteiger partial charge on any atom is -0.481 e. The maximum atomic E-state index is 10.3. The van der Waals surface area contributed by atoms with Crippen molar-refractivity contribution in [3.63, 3.8) is 0 Å². The lowest BCUT2D eigenvalue weighted by molar-refractivity contribution is -0.136. The molecule has 1 unspecified atom stereocenters. The summed E-state index contributed by atoms with van der Waals surface area (Å²) in [5.41, 5.74) is 7.20. The van der Waals surface area contributed by atoms with Crippen molar-refractivity contribution in [3.05, 3.63) is 23.8 Å². The van der Waals surface area contributed by atoms with Crippen LogP contribution in [-0.4, -0.2) is 17.6 Å². The van der Waals surface area contributed by atoms with Crippen LogP contribution in [-0.2, 0) is 4.79 Å². The van der Waals surface area contributed by atoms with Crippen molar-refractivity contribution in [3.8, 4) is 0 Å². The molecule has 1 aliphatic carbocycles. The van der Waals surface area contributed by atoms with E-state index in [1.54, 1.807) is 5.57 Å². The van der Waals surface area contributed by atoms with Crippen molar-refractivity contribution < 1.29 is 9.90 Å². The molecule has 0 aromatic carbocycles. The Morgan fingerprint density at radius 2 is 1.83 bits per heavy atom. The molecule has 0 saturated heterocycles. The molecule has 0 bridgehead atoms. The summed E-state index contributed by atoms with van der Waals surface area (Å²) >= 11 is 0. The van der Waals surface area contributed by atoms with Crippen LogP contribution in [0.15, 0.2) is 23.8 Å². The Balaban J connectivity index is 1.84. The predicted octanol–water partition coefficient (Wildman–Crippen LogP) is 5.21. The minimum absolute atomic E-state index is 0.250. The van der Waals surface area contributed by atoms with Gasteiger partial charge in [-0.2, -0.15) is 0 Å². The zero-order valence-corrected chi connectivity index (χ0v) is 14.6. The summed E-state index contributed by atoms with van der Waals surface area (Å²) in [4.78, 5) is 10.3. The maximum absolute atomic E-state index is 10.3. The molecule has 23 heavy (non-hydrogen) atoms. The van der Waals surface area contributed by atoms with Crippen molar-refractivity contribution in [2.75, 3.05) is 6.54 Å². The van der Waals surface area contributed by atoms with Crippen LogP contribution in [0.25, 0.3) is 0 Å². The third kappa shape index (κ3) is 11.1. The monoisotopic (exact) mass is 321 g/mol. The van der Waals surface area contributed by atoms with Crippen LogP contribution in [0, 0.1) is 5.92 Å². The van der Waals surface area contributed by atoms with Gasteiger partial charge in [-0.25, -0.2) is 0 Å². The van der Waals surface area contributed by atoms with Crippen LogP contribution in [0.3, 0.4) is 0 Å². The molecule has 0 aromatic rings. The van der Waals surface area contributed by atoms with E-state index in [1.165, 1.54) is 57.8 Å². The van der Waals surface area contributed by atoms with E-state index in [-0.39, 0.29) is 6.42 Å². The molecule has 0 aliphatic heterocycles. The van der Waals surface area contributed by atoms with Gasteiger partial charge < -0.3 is 10.8 Å². The van der Waals surface area contributed by atoms with E-state index in [9.17, 15) is 4.79 Å². The number of hydrogen-bond donors (Lipinski definition) is 2. The highest BCUT2D eigenvalue weighted by atomic mass is 16.4. The van der Waals surface area contributed by atoms with Crippen molar-refractivity contribution in [1.82, 2.24) is 0 Å². The summed E-state index contributed by atoms with van der Waals surface area (Å²) in [5.74, 6) is 0.117. The number of nitrogens with two attached hydrogens (primary N) is 1. The third-order valence-corrected chi connectivity index (χ3v) is 4.66. The van der Waals surface area contributed by atoms with Crippen molar-refractivity contribution in [2.24, 2.45) is 11.7 Å². The molecule has 0 fully saturated rings. The number of hydrogen-bond acceptors (Lipinski definition) is 2. The van der Waals surface area contributed by atoms with Crippen LogP contribution in [0.1, 0.15) is 83.5 Å². The van der Waals surface area contributed by atoms with Crippen LogP contribution < -0.4 is 5.73 Å². The highest BCUT2D eigenvalue weighted by Crippen LogP contribution is 2.29. The van der Waals surface area contributed by atoms with E-state index in [2.05, 4.69) is 12.2 Å². The van der Waals surface area contributed by atoms with Crippen molar-refractivity contribution in [2.45, 2.75) is 83.5 Å². The fourth-order valence-electron chi connectivity index (χ4n) is 3.31. The number of carbonyl (C=O) groups is 1. The first kappa shape index (κ1) is 20.0. The second kappa shape index (κ2) is 13.4. The molecule has 3 heteroatoms. The summed E-state index contributed by atoms with van der Waals surface area (Å²) < 4.78 is 0. The van der Waals surface area contributed by atoms with Crippen molar-refractivity contribution in [1.29, 1.82) is 0 Å². The Bertz CT molecular complexity index is 374. The smallest absolute Gasteiger partial charge is 0.303 e. The van der Waals surface area contributed by atoms with Gasteiger partial charge in [0, 0.05) is 6.42 Å². The first-order valence-corrected chi connectivity index (χ1v) is 9.48. The lowest BCUT2D eigenvalue weighted by Crippen LogP contribution is -1.98. The summed E-state index contributed by atoms with van der Waals surface area (Å²) in [5, 5.41) is 8.52. The van der Waals surface area contributed by atoms with Gasteiger partial charge in [0.25, 0.3) is 0 Å². The first-order chi connectivity index (χ1) is 11.2. The number of allylic oxidation sites excluding steroid dienone is 3. The number of rotatable bonds is 14.